The van der Waals surface area contributed by atoms with Gasteiger partial charge in [-0.3, -0.25) is 14.9 Å². The number of aryl methyl sites for hydroxylation is 1. The van der Waals surface area contributed by atoms with Crippen LogP contribution in [0.2, 0.25) is 0 Å². The van der Waals surface area contributed by atoms with Crippen molar-refractivity contribution in [2.24, 2.45) is 0 Å². The maximum absolute atomic E-state index is 13.3. The van der Waals surface area contributed by atoms with Gasteiger partial charge < -0.3 is 5.11 Å². The van der Waals surface area contributed by atoms with Crippen molar-refractivity contribution in [3.8, 4) is 0 Å². The van der Waals surface area contributed by atoms with Gasteiger partial charge in [0.05, 0.1) is 6.42 Å². The van der Waals surface area contributed by atoms with Crippen LogP contribution in [0.15, 0.2) is 86.8 Å². The minimum absolute atomic E-state index is 0.0115. The number of carbonyl (C=O) groups is 2. The first-order valence-electron chi connectivity index (χ1n) is 9.97. The zero-order valence-corrected chi connectivity index (χ0v) is 19.9. The Bertz CT molecular complexity index is 1300. The van der Waals surface area contributed by atoms with E-state index in [4.69, 9.17) is 5.11 Å². The van der Waals surface area contributed by atoms with Crippen LogP contribution in [0.5, 0.6) is 0 Å². The molecule has 0 bridgehead atoms. The molecule has 4 aromatic rings. The molecule has 4 rings (SSSR count). The SMILES string of the molecule is O=C(O)CCc1cnc(NC(=O)c2nc(Sc3ccccn3)ccc2Sc2ccc(F)cc2)s1. The fraction of sp³-hybridized carbons (Fsp3) is 0.0870. The number of benzene rings is 1. The number of thiazole rings is 1. The van der Waals surface area contributed by atoms with Gasteiger partial charge in [0.15, 0.2) is 5.13 Å². The molecule has 0 aliphatic carbocycles. The van der Waals surface area contributed by atoms with E-state index in [9.17, 15) is 14.0 Å². The van der Waals surface area contributed by atoms with Gasteiger partial charge in [-0.05, 0) is 55.0 Å². The summed E-state index contributed by atoms with van der Waals surface area (Å²) in [7, 11) is 0. The summed E-state index contributed by atoms with van der Waals surface area (Å²) >= 11 is 3.84. The molecule has 0 atom stereocenters. The summed E-state index contributed by atoms with van der Waals surface area (Å²) < 4.78 is 13.3. The Labute approximate surface area is 206 Å². The highest BCUT2D eigenvalue weighted by atomic mass is 32.2. The van der Waals surface area contributed by atoms with Gasteiger partial charge in [-0.25, -0.2) is 19.3 Å². The van der Waals surface area contributed by atoms with E-state index in [1.165, 1.54) is 47.0 Å². The fourth-order valence-corrected chi connectivity index (χ4v) is 5.19. The number of aromatic nitrogens is 3. The Morgan fingerprint density at radius 3 is 2.56 bits per heavy atom. The van der Waals surface area contributed by atoms with E-state index in [1.54, 1.807) is 36.7 Å². The molecule has 0 radical (unpaired) electrons. The molecule has 0 aliphatic heterocycles. The van der Waals surface area contributed by atoms with Gasteiger partial charge in [-0.2, -0.15) is 0 Å². The quantitative estimate of drug-likeness (QED) is 0.297. The van der Waals surface area contributed by atoms with Gasteiger partial charge in [0.2, 0.25) is 0 Å². The summed E-state index contributed by atoms with van der Waals surface area (Å²) in [4.78, 5) is 39.1. The van der Waals surface area contributed by atoms with E-state index in [2.05, 4.69) is 20.3 Å². The molecule has 7 nitrogen and oxygen atoms in total. The monoisotopic (exact) mass is 512 g/mol. The van der Waals surface area contributed by atoms with Crippen LogP contribution in [0.3, 0.4) is 0 Å². The number of hydrogen-bond donors (Lipinski definition) is 2. The maximum Gasteiger partial charge on any atom is 0.303 e. The van der Waals surface area contributed by atoms with Crippen molar-refractivity contribution < 1.29 is 19.1 Å². The number of carboxylic acid groups (broad SMARTS) is 1. The van der Waals surface area contributed by atoms with Gasteiger partial charge >= 0.3 is 5.97 Å². The van der Waals surface area contributed by atoms with Crippen LogP contribution < -0.4 is 5.32 Å². The molecule has 34 heavy (non-hydrogen) atoms. The van der Waals surface area contributed by atoms with Crippen molar-refractivity contribution in [1.29, 1.82) is 0 Å². The van der Waals surface area contributed by atoms with Crippen LogP contribution in [-0.4, -0.2) is 31.9 Å². The molecule has 0 saturated heterocycles. The van der Waals surface area contributed by atoms with Gasteiger partial charge in [0.25, 0.3) is 5.91 Å². The minimum atomic E-state index is -0.895. The number of halogens is 1. The molecule has 172 valence electrons. The lowest BCUT2D eigenvalue weighted by Crippen LogP contribution is -2.15. The number of carbonyl (C=O) groups excluding carboxylic acids is 1. The second-order valence-electron chi connectivity index (χ2n) is 6.80. The Hall–Kier alpha value is -3.28. The summed E-state index contributed by atoms with van der Waals surface area (Å²) in [6, 6.07) is 15.1. The molecule has 11 heteroatoms. The molecular formula is C23H17FN4O3S3. The lowest BCUT2D eigenvalue weighted by molar-refractivity contribution is -0.136. The molecule has 3 heterocycles. The largest absolute Gasteiger partial charge is 0.481 e. The number of pyridine rings is 2. The summed E-state index contributed by atoms with van der Waals surface area (Å²) in [5, 5.41) is 13.3. The van der Waals surface area contributed by atoms with Crippen molar-refractivity contribution in [3.63, 3.8) is 0 Å². The highest BCUT2D eigenvalue weighted by molar-refractivity contribution is 7.99. The van der Waals surface area contributed by atoms with E-state index in [1.807, 2.05) is 18.2 Å². The summed E-state index contributed by atoms with van der Waals surface area (Å²) in [6.07, 6.45) is 3.56. The summed E-state index contributed by atoms with van der Waals surface area (Å²) in [5.74, 6) is -1.69. The minimum Gasteiger partial charge on any atom is -0.481 e. The molecule has 1 aromatic carbocycles. The van der Waals surface area contributed by atoms with Crippen LogP contribution in [0, 0.1) is 5.82 Å². The van der Waals surface area contributed by atoms with Gasteiger partial charge in [0.1, 0.15) is 21.6 Å². The first kappa shape index (κ1) is 23.9. The van der Waals surface area contributed by atoms with Gasteiger partial charge in [0, 0.05) is 27.1 Å². The van der Waals surface area contributed by atoms with Gasteiger partial charge in [-0.1, -0.05) is 29.6 Å². The third-order valence-electron chi connectivity index (χ3n) is 4.30. The van der Waals surface area contributed by atoms with Gasteiger partial charge in [-0.15, -0.1) is 11.3 Å². The molecule has 3 aromatic heterocycles. The zero-order valence-electron chi connectivity index (χ0n) is 17.5. The lowest BCUT2D eigenvalue weighted by atomic mass is 10.3. The normalized spacial score (nSPS) is 10.7. The second-order valence-corrected chi connectivity index (χ2v) is 10.1. The van der Waals surface area contributed by atoms with Crippen LogP contribution >= 0.6 is 34.9 Å². The fourth-order valence-electron chi connectivity index (χ4n) is 2.74. The second kappa shape index (κ2) is 11.2. The Balaban J connectivity index is 1.58. The zero-order chi connectivity index (χ0) is 23.9. The molecule has 0 spiro atoms. The molecule has 2 N–H and O–H groups in total. The van der Waals surface area contributed by atoms with E-state index in [0.29, 0.717) is 21.5 Å². The molecule has 0 saturated carbocycles. The van der Waals surface area contributed by atoms with Crippen molar-refractivity contribution in [2.45, 2.75) is 32.7 Å². The third kappa shape index (κ3) is 6.62. The Morgan fingerprint density at radius 1 is 1.00 bits per heavy atom. The topological polar surface area (TPSA) is 105 Å². The number of hydrogen-bond acceptors (Lipinski definition) is 8. The predicted molar refractivity (Wildman–Crippen MR) is 129 cm³/mol. The predicted octanol–water partition coefficient (Wildman–Crippen LogP) is 5.64. The molecule has 0 unspecified atom stereocenters. The maximum atomic E-state index is 13.3. The Kier molecular flexibility index (Phi) is 7.88. The van der Waals surface area contributed by atoms with E-state index >= 15 is 0 Å². The molecule has 0 fully saturated rings. The first-order chi connectivity index (χ1) is 16.5. The molecular weight excluding hydrogens is 495 g/mol. The number of anilines is 1. The van der Waals surface area contributed by atoms with Crippen LogP contribution in [0.1, 0.15) is 21.8 Å². The smallest absolute Gasteiger partial charge is 0.303 e. The van der Waals surface area contributed by atoms with E-state index < -0.39 is 11.9 Å². The van der Waals surface area contributed by atoms with Crippen LogP contribution in [0.25, 0.3) is 0 Å². The average Bonchev–Trinajstić information content (AvgIpc) is 3.28. The Morgan fingerprint density at radius 2 is 1.82 bits per heavy atom. The molecule has 0 aliphatic rings. The third-order valence-corrected chi connectivity index (χ3v) is 7.21. The number of amides is 1. The highest BCUT2D eigenvalue weighted by Gasteiger charge is 2.18. The molecule has 1 amide bonds. The van der Waals surface area contributed by atoms with Crippen LogP contribution in [0.4, 0.5) is 9.52 Å². The summed E-state index contributed by atoms with van der Waals surface area (Å²) in [6.45, 7) is 0. The van der Waals surface area contributed by atoms with E-state index in [0.717, 1.165) is 14.8 Å². The van der Waals surface area contributed by atoms with Crippen molar-refractivity contribution >= 4 is 51.9 Å². The van der Waals surface area contributed by atoms with E-state index in [-0.39, 0.29) is 17.9 Å². The van der Waals surface area contributed by atoms with Crippen LogP contribution in [-0.2, 0) is 11.2 Å². The number of nitrogens with zero attached hydrogens (tertiary/aromatic N) is 3. The number of rotatable bonds is 9. The van der Waals surface area contributed by atoms with Crippen molar-refractivity contribution in [1.82, 2.24) is 15.0 Å². The standard InChI is InChI=1S/C23H17FN4O3S3/c24-14-4-6-15(7-5-14)32-17-9-10-19(34-18-3-1-2-12-25-18)27-21(17)22(31)28-23-26-13-16(33-23)8-11-20(29)30/h1-7,9-10,12-13H,8,11H2,(H,29,30)(H,26,28,31). The number of nitrogens with one attached hydrogen (secondary N) is 1. The highest BCUT2D eigenvalue weighted by Crippen LogP contribution is 2.33. The number of carboxylic acids is 1. The van der Waals surface area contributed by atoms with Crippen molar-refractivity contribution in [3.05, 3.63) is 83.4 Å². The number of aliphatic carboxylic acids is 1. The lowest BCUT2D eigenvalue weighted by Gasteiger charge is -2.10. The average molecular weight is 513 g/mol. The summed E-state index contributed by atoms with van der Waals surface area (Å²) in [5.41, 5.74) is 0.192. The van der Waals surface area contributed by atoms with Crippen molar-refractivity contribution in [2.75, 3.05) is 5.32 Å². The first-order valence-corrected chi connectivity index (χ1v) is 12.4.